The summed E-state index contributed by atoms with van der Waals surface area (Å²) >= 11 is 0. The molecule has 0 aliphatic carbocycles. The van der Waals surface area contributed by atoms with Gasteiger partial charge in [0.05, 0.1) is 13.1 Å². The highest BCUT2D eigenvalue weighted by atomic mass is 19.1. The zero-order valence-electron chi connectivity index (χ0n) is 16.3. The molecule has 1 aromatic heterocycles. The molecule has 5 nitrogen and oxygen atoms in total. The van der Waals surface area contributed by atoms with E-state index in [4.69, 9.17) is 0 Å². The Morgan fingerprint density at radius 2 is 2.00 bits per heavy atom. The SMILES string of the molecule is CC(C)CN(Cc1nccn1Cc1ccccc1F)C(=O)NC(C)(C)C. The highest BCUT2D eigenvalue weighted by Crippen LogP contribution is 2.13. The van der Waals surface area contributed by atoms with Gasteiger partial charge in [0.2, 0.25) is 0 Å². The molecule has 2 rings (SSSR count). The van der Waals surface area contributed by atoms with Crippen molar-refractivity contribution in [2.45, 2.75) is 53.2 Å². The summed E-state index contributed by atoms with van der Waals surface area (Å²) in [5.74, 6) is 0.824. The lowest BCUT2D eigenvalue weighted by Crippen LogP contribution is -2.49. The first-order valence-electron chi connectivity index (χ1n) is 8.96. The Kier molecular flexibility index (Phi) is 6.40. The largest absolute Gasteiger partial charge is 0.333 e. The van der Waals surface area contributed by atoms with Crippen LogP contribution in [0.5, 0.6) is 0 Å². The quantitative estimate of drug-likeness (QED) is 0.845. The van der Waals surface area contributed by atoms with Gasteiger partial charge in [-0.2, -0.15) is 0 Å². The van der Waals surface area contributed by atoms with Gasteiger partial charge < -0.3 is 14.8 Å². The number of carbonyl (C=O) groups is 1. The third-order valence-electron chi connectivity index (χ3n) is 3.79. The number of rotatable bonds is 6. The van der Waals surface area contributed by atoms with Gasteiger partial charge in [0.1, 0.15) is 11.6 Å². The van der Waals surface area contributed by atoms with E-state index in [-0.39, 0.29) is 17.4 Å². The van der Waals surface area contributed by atoms with Crippen LogP contribution >= 0.6 is 0 Å². The smallest absolute Gasteiger partial charge is 0.318 e. The molecule has 0 fully saturated rings. The molecule has 0 aliphatic heterocycles. The second kappa shape index (κ2) is 8.34. The van der Waals surface area contributed by atoms with Crippen molar-refractivity contribution in [2.24, 2.45) is 5.92 Å². The molecule has 2 aromatic rings. The molecular formula is C20H29FN4O. The van der Waals surface area contributed by atoms with Crippen molar-refractivity contribution in [1.82, 2.24) is 19.8 Å². The van der Waals surface area contributed by atoms with Crippen molar-refractivity contribution in [3.05, 3.63) is 53.9 Å². The van der Waals surface area contributed by atoms with Crippen LogP contribution < -0.4 is 5.32 Å². The fourth-order valence-electron chi connectivity index (χ4n) is 2.68. The van der Waals surface area contributed by atoms with Gasteiger partial charge >= 0.3 is 6.03 Å². The average molecular weight is 360 g/mol. The van der Waals surface area contributed by atoms with E-state index in [1.54, 1.807) is 23.2 Å². The number of nitrogens with zero attached hydrogens (tertiary/aromatic N) is 3. The standard InChI is InChI=1S/C20H29FN4O/c1-15(2)12-25(19(26)23-20(3,4)5)14-18-22-10-11-24(18)13-16-8-6-7-9-17(16)21/h6-11,15H,12-14H2,1-5H3,(H,23,26). The number of urea groups is 1. The van der Waals surface area contributed by atoms with Gasteiger partial charge in [-0.15, -0.1) is 0 Å². The minimum absolute atomic E-state index is 0.119. The first-order valence-corrected chi connectivity index (χ1v) is 8.96. The number of carbonyl (C=O) groups excluding carboxylic acids is 1. The van der Waals surface area contributed by atoms with Crippen molar-refractivity contribution >= 4 is 6.03 Å². The summed E-state index contributed by atoms with van der Waals surface area (Å²) in [5, 5.41) is 3.01. The Labute approximate surface area is 155 Å². The molecule has 0 spiro atoms. The van der Waals surface area contributed by atoms with Gasteiger partial charge in [-0.25, -0.2) is 14.2 Å². The Bertz CT molecular complexity index is 733. The molecule has 0 saturated heterocycles. The third kappa shape index (κ3) is 5.86. The van der Waals surface area contributed by atoms with E-state index in [1.807, 2.05) is 37.6 Å². The van der Waals surface area contributed by atoms with Gasteiger partial charge in [-0.05, 0) is 32.8 Å². The summed E-state index contributed by atoms with van der Waals surface area (Å²) in [6.45, 7) is 11.4. The van der Waals surface area contributed by atoms with Crippen LogP contribution in [-0.2, 0) is 13.1 Å². The maximum atomic E-state index is 14.0. The summed E-state index contributed by atoms with van der Waals surface area (Å²) in [5.41, 5.74) is 0.288. The van der Waals surface area contributed by atoms with Gasteiger partial charge in [-0.3, -0.25) is 0 Å². The summed E-state index contributed by atoms with van der Waals surface area (Å²) in [6, 6.07) is 6.59. The third-order valence-corrected chi connectivity index (χ3v) is 3.79. The van der Waals surface area contributed by atoms with Crippen LogP contribution in [0.15, 0.2) is 36.7 Å². The van der Waals surface area contributed by atoms with E-state index >= 15 is 0 Å². The maximum Gasteiger partial charge on any atom is 0.318 e. The van der Waals surface area contributed by atoms with Gasteiger partial charge in [0.15, 0.2) is 0 Å². The van der Waals surface area contributed by atoms with Crippen LogP contribution in [-0.4, -0.2) is 32.6 Å². The molecule has 0 radical (unpaired) electrons. The molecule has 26 heavy (non-hydrogen) atoms. The number of hydrogen-bond acceptors (Lipinski definition) is 2. The molecule has 6 heteroatoms. The molecule has 0 atom stereocenters. The van der Waals surface area contributed by atoms with Crippen LogP contribution in [0, 0.1) is 11.7 Å². The summed E-state index contributed by atoms with van der Waals surface area (Å²) in [6.07, 6.45) is 3.50. The lowest BCUT2D eigenvalue weighted by molar-refractivity contribution is 0.176. The lowest BCUT2D eigenvalue weighted by Gasteiger charge is -2.29. The van der Waals surface area contributed by atoms with Crippen LogP contribution in [0.3, 0.4) is 0 Å². The molecule has 1 heterocycles. The monoisotopic (exact) mass is 360 g/mol. The predicted molar refractivity (Wildman–Crippen MR) is 101 cm³/mol. The number of imidazole rings is 1. The molecule has 0 saturated carbocycles. The fourth-order valence-corrected chi connectivity index (χ4v) is 2.68. The number of amides is 2. The number of halogens is 1. The van der Waals surface area contributed by atoms with Crippen molar-refractivity contribution in [2.75, 3.05) is 6.54 Å². The van der Waals surface area contributed by atoms with E-state index in [9.17, 15) is 9.18 Å². The zero-order chi connectivity index (χ0) is 19.3. The molecule has 0 aliphatic rings. The van der Waals surface area contributed by atoms with Crippen molar-refractivity contribution in [1.29, 1.82) is 0 Å². The van der Waals surface area contributed by atoms with E-state index in [0.29, 0.717) is 31.1 Å². The molecule has 0 bridgehead atoms. The van der Waals surface area contributed by atoms with Crippen LogP contribution in [0.1, 0.15) is 46.0 Å². The molecule has 0 unspecified atom stereocenters. The Morgan fingerprint density at radius 3 is 2.62 bits per heavy atom. The Morgan fingerprint density at radius 1 is 1.31 bits per heavy atom. The summed E-state index contributed by atoms with van der Waals surface area (Å²) in [7, 11) is 0. The zero-order valence-corrected chi connectivity index (χ0v) is 16.3. The second-order valence-corrected chi connectivity index (χ2v) is 8.02. The Hall–Kier alpha value is -2.37. The van der Waals surface area contributed by atoms with E-state index < -0.39 is 0 Å². The van der Waals surface area contributed by atoms with Crippen LogP contribution in [0.4, 0.5) is 9.18 Å². The highest BCUT2D eigenvalue weighted by Gasteiger charge is 2.22. The molecule has 142 valence electrons. The van der Waals surface area contributed by atoms with Crippen molar-refractivity contribution < 1.29 is 9.18 Å². The first kappa shape index (κ1) is 19.9. The first-order chi connectivity index (χ1) is 12.2. The number of nitrogens with one attached hydrogen (secondary N) is 1. The molecule has 2 amide bonds. The predicted octanol–water partition coefficient (Wildman–Crippen LogP) is 4.04. The second-order valence-electron chi connectivity index (χ2n) is 8.02. The molecule has 1 aromatic carbocycles. The summed E-state index contributed by atoms with van der Waals surface area (Å²) in [4.78, 5) is 18.8. The normalized spacial score (nSPS) is 11.7. The Balaban J connectivity index is 2.17. The van der Waals surface area contributed by atoms with Crippen molar-refractivity contribution in [3.8, 4) is 0 Å². The van der Waals surface area contributed by atoms with Crippen molar-refractivity contribution in [3.63, 3.8) is 0 Å². The molecule has 1 N–H and O–H groups in total. The summed E-state index contributed by atoms with van der Waals surface area (Å²) < 4.78 is 15.8. The highest BCUT2D eigenvalue weighted by molar-refractivity contribution is 5.74. The van der Waals surface area contributed by atoms with E-state index in [2.05, 4.69) is 24.1 Å². The van der Waals surface area contributed by atoms with Gasteiger partial charge in [-0.1, -0.05) is 32.0 Å². The number of benzene rings is 1. The fraction of sp³-hybridized carbons (Fsp3) is 0.500. The van der Waals surface area contributed by atoms with Crippen LogP contribution in [0.2, 0.25) is 0 Å². The minimum Gasteiger partial charge on any atom is -0.333 e. The van der Waals surface area contributed by atoms with Crippen LogP contribution in [0.25, 0.3) is 0 Å². The molecular weight excluding hydrogens is 331 g/mol. The number of hydrogen-bond donors (Lipinski definition) is 1. The minimum atomic E-state index is -0.311. The topological polar surface area (TPSA) is 50.2 Å². The van der Waals surface area contributed by atoms with E-state index in [1.165, 1.54) is 6.07 Å². The van der Waals surface area contributed by atoms with E-state index in [0.717, 1.165) is 5.82 Å². The van der Waals surface area contributed by atoms with Gasteiger partial charge in [0.25, 0.3) is 0 Å². The number of aromatic nitrogens is 2. The average Bonchev–Trinajstić information content (AvgIpc) is 2.94. The lowest BCUT2D eigenvalue weighted by atomic mass is 10.1. The maximum absolute atomic E-state index is 14.0. The van der Waals surface area contributed by atoms with Gasteiger partial charge in [0, 0.05) is 30.0 Å².